The van der Waals surface area contributed by atoms with Crippen LogP contribution in [-0.4, -0.2) is 26.2 Å². The van der Waals surface area contributed by atoms with E-state index in [1.807, 2.05) is 0 Å². The summed E-state index contributed by atoms with van der Waals surface area (Å²) < 4.78 is 136. The molecule has 0 amide bonds. The zero-order valence-electron chi connectivity index (χ0n) is 13.8. The van der Waals surface area contributed by atoms with Gasteiger partial charge in [-0.1, -0.05) is 0 Å². The molecule has 0 bridgehead atoms. The van der Waals surface area contributed by atoms with Crippen molar-refractivity contribution in [2.45, 2.75) is 24.2 Å². The predicted molar refractivity (Wildman–Crippen MR) is 76.7 cm³/mol. The molecule has 0 N–H and O–H groups in total. The highest BCUT2D eigenvalue weighted by molar-refractivity contribution is 5.85. The van der Waals surface area contributed by atoms with Gasteiger partial charge in [0.15, 0.2) is 0 Å². The largest absolute Gasteiger partial charge is 0.460 e. The molecular formula is C15H9F10NO2. The van der Waals surface area contributed by atoms with Gasteiger partial charge in [-0.2, -0.15) is 43.9 Å². The van der Waals surface area contributed by atoms with E-state index in [1.165, 1.54) is 19.0 Å². The minimum absolute atomic E-state index is 0.143. The van der Waals surface area contributed by atoms with Crippen LogP contribution in [0.3, 0.4) is 0 Å². The molecule has 0 saturated carbocycles. The van der Waals surface area contributed by atoms with Gasteiger partial charge in [0.25, 0.3) is 0 Å². The average molecular weight is 425 g/mol. The van der Waals surface area contributed by atoms with Gasteiger partial charge in [0.05, 0.1) is 5.56 Å². The topological polar surface area (TPSA) is 33.5 Å². The summed E-state index contributed by atoms with van der Waals surface area (Å²) in [6.45, 7) is 0. The quantitative estimate of drug-likeness (QED) is 0.503. The van der Waals surface area contributed by atoms with Crippen molar-refractivity contribution in [3.8, 4) is 0 Å². The molecular weight excluding hydrogens is 416 g/mol. The lowest BCUT2D eigenvalue weighted by molar-refractivity contribution is -0.360. The van der Waals surface area contributed by atoms with Crippen molar-refractivity contribution >= 4 is 16.7 Å². The number of alkyl halides is 10. The van der Waals surface area contributed by atoms with Crippen LogP contribution in [-0.2, 0) is 12.1 Å². The summed E-state index contributed by atoms with van der Waals surface area (Å²) in [5, 5.41) is -1.27. The zero-order valence-corrected chi connectivity index (χ0v) is 13.8. The molecule has 0 spiro atoms. The molecule has 2 aromatic rings. The lowest BCUT2D eigenvalue weighted by Gasteiger charge is -2.29. The fraction of sp³-hybridized carbons (Fsp3) is 0.400. The van der Waals surface area contributed by atoms with E-state index in [-0.39, 0.29) is 5.69 Å². The third-order valence-corrected chi connectivity index (χ3v) is 3.76. The van der Waals surface area contributed by atoms with E-state index < -0.39 is 51.9 Å². The third-order valence-electron chi connectivity index (χ3n) is 3.76. The Morgan fingerprint density at radius 1 is 0.857 bits per heavy atom. The van der Waals surface area contributed by atoms with Crippen molar-refractivity contribution < 1.29 is 48.3 Å². The lowest BCUT2D eigenvalue weighted by Crippen LogP contribution is -2.52. The number of hydrogen-bond acceptors (Lipinski definition) is 3. The maximum absolute atomic E-state index is 14.0. The smallest absolute Gasteiger partial charge is 0.422 e. The zero-order chi connectivity index (χ0) is 21.9. The van der Waals surface area contributed by atoms with Crippen LogP contribution < -0.4 is 10.5 Å². The molecule has 0 aliphatic carbocycles. The monoisotopic (exact) mass is 425 g/mol. The number of rotatable bonds is 3. The van der Waals surface area contributed by atoms with Gasteiger partial charge in [-0.15, -0.1) is 0 Å². The van der Waals surface area contributed by atoms with Gasteiger partial charge in [-0.3, -0.25) is 0 Å². The average Bonchev–Trinajstić information content (AvgIpc) is 2.50. The van der Waals surface area contributed by atoms with Gasteiger partial charge >= 0.3 is 29.8 Å². The number of fused-ring (bicyclic) bond motifs is 1. The molecule has 3 nitrogen and oxygen atoms in total. The van der Waals surface area contributed by atoms with E-state index in [4.69, 9.17) is 0 Å². The van der Waals surface area contributed by atoms with Crippen LogP contribution in [0.15, 0.2) is 27.4 Å². The van der Waals surface area contributed by atoms with Crippen molar-refractivity contribution in [3.05, 3.63) is 39.7 Å². The number of hydrogen-bond donors (Lipinski definition) is 0. The second kappa shape index (κ2) is 6.27. The van der Waals surface area contributed by atoms with Crippen LogP contribution in [0.5, 0.6) is 0 Å². The van der Waals surface area contributed by atoms with Gasteiger partial charge in [0.1, 0.15) is 11.1 Å². The highest BCUT2D eigenvalue weighted by Gasteiger charge is 2.75. The molecule has 1 aromatic carbocycles. The summed E-state index contributed by atoms with van der Waals surface area (Å²) in [4.78, 5) is 13.1. The fourth-order valence-corrected chi connectivity index (χ4v) is 2.38. The van der Waals surface area contributed by atoms with Crippen molar-refractivity contribution in [1.29, 1.82) is 0 Å². The second-order valence-corrected chi connectivity index (χ2v) is 5.86. The van der Waals surface area contributed by atoms with Gasteiger partial charge in [-0.25, -0.2) is 4.79 Å². The maximum Gasteiger partial charge on any atom is 0.460 e. The summed E-state index contributed by atoms with van der Waals surface area (Å²) in [6.07, 6.45) is -12.8. The molecule has 2 rings (SSSR count). The molecule has 0 radical (unpaired) electrons. The Hall–Kier alpha value is -2.47. The summed E-state index contributed by atoms with van der Waals surface area (Å²) >= 11 is 0. The van der Waals surface area contributed by atoms with Gasteiger partial charge in [-0.05, 0) is 12.1 Å². The fourth-order valence-electron chi connectivity index (χ4n) is 2.38. The first-order chi connectivity index (χ1) is 12.4. The number of anilines is 1. The SMILES string of the molecule is CN(C)c1ccc2c(C(F)(F)F)c(C(F)(F)C(F)(F)C(F)(F)F)c(=O)oc2c1. The van der Waals surface area contributed by atoms with E-state index in [1.54, 1.807) is 0 Å². The van der Waals surface area contributed by atoms with Crippen molar-refractivity contribution in [3.63, 3.8) is 0 Å². The number of benzene rings is 1. The molecule has 0 unspecified atom stereocenters. The van der Waals surface area contributed by atoms with Crippen LogP contribution in [0.25, 0.3) is 11.0 Å². The molecule has 1 aromatic heterocycles. The molecule has 156 valence electrons. The minimum Gasteiger partial charge on any atom is -0.422 e. The van der Waals surface area contributed by atoms with Crippen molar-refractivity contribution in [2.24, 2.45) is 0 Å². The van der Waals surface area contributed by atoms with Crippen LogP contribution in [0.1, 0.15) is 11.1 Å². The highest BCUT2D eigenvalue weighted by Crippen LogP contribution is 2.54. The predicted octanol–water partition coefficient (Wildman–Crippen LogP) is 5.17. The highest BCUT2D eigenvalue weighted by atomic mass is 19.4. The molecule has 0 fully saturated rings. The first-order valence-electron chi connectivity index (χ1n) is 7.11. The molecule has 0 atom stereocenters. The van der Waals surface area contributed by atoms with Crippen LogP contribution in [0.4, 0.5) is 49.6 Å². The van der Waals surface area contributed by atoms with Crippen LogP contribution >= 0.6 is 0 Å². The Balaban J connectivity index is 3.00. The molecule has 0 saturated heterocycles. The van der Waals surface area contributed by atoms with Crippen molar-refractivity contribution in [1.82, 2.24) is 0 Å². The van der Waals surface area contributed by atoms with Crippen LogP contribution in [0, 0.1) is 0 Å². The van der Waals surface area contributed by atoms with E-state index >= 15 is 0 Å². The Labute approximate surface area is 149 Å². The summed E-state index contributed by atoms with van der Waals surface area (Å²) in [5.74, 6) is -13.5. The minimum atomic E-state index is -6.97. The molecule has 28 heavy (non-hydrogen) atoms. The molecule has 1 heterocycles. The Morgan fingerprint density at radius 2 is 1.39 bits per heavy atom. The van der Waals surface area contributed by atoms with Gasteiger partial charge in [0.2, 0.25) is 0 Å². The summed E-state index contributed by atoms with van der Waals surface area (Å²) in [6, 6.07) is 2.29. The van der Waals surface area contributed by atoms with E-state index in [0.717, 1.165) is 12.1 Å². The Kier molecular flexibility index (Phi) is 4.89. The first-order valence-corrected chi connectivity index (χ1v) is 7.11. The molecule has 0 aliphatic heterocycles. The maximum atomic E-state index is 14.0. The second-order valence-electron chi connectivity index (χ2n) is 5.86. The first kappa shape index (κ1) is 21.8. The Bertz CT molecular complexity index is 956. The van der Waals surface area contributed by atoms with Crippen LogP contribution in [0.2, 0.25) is 0 Å². The standard InChI is InChI=1S/C15H9F10NO2/c1-26(2)6-3-4-7-8(5-6)28-11(27)10(9(7)13(18,19)20)12(16,17)14(21,22)15(23,24)25/h3-5H,1-2H3. The van der Waals surface area contributed by atoms with Gasteiger partial charge in [0, 0.05) is 31.2 Å². The molecule has 0 aliphatic rings. The number of halogens is 10. The Morgan fingerprint density at radius 3 is 1.82 bits per heavy atom. The summed E-state index contributed by atoms with van der Waals surface area (Å²) in [5.41, 5.74) is -9.18. The van der Waals surface area contributed by atoms with E-state index in [2.05, 4.69) is 4.42 Å². The molecule has 13 heteroatoms. The van der Waals surface area contributed by atoms with Gasteiger partial charge < -0.3 is 9.32 Å². The number of nitrogens with zero attached hydrogens (tertiary/aromatic N) is 1. The van der Waals surface area contributed by atoms with E-state index in [9.17, 15) is 48.7 Å². The lowest BCUT2D eigenvalue weighted by atomic mass is 9.95. The van der Waals surface area contributed by atoms with E-state index in [0.29, 0.717) is 6.07 Å². The summed E-state index contributed by atoms with van der Waals surface area (Å²) in [7, 11) is 2.85. The normalized spacial score (nSPS) is 13.9. The third kappa shape index (κ3) is 3.26. The van der Waals surface area contributed by atoms with Crippen molar-refractivity contribution in [2.75, 3.05) is 19.0 Å².